The van der Waals surface area contributed by atoms with Crippen LogP contribution >= 0.6 is 11.3 Å². The Kier molecular flexibility index (Phi) is 5.00. The van der Waals surface area contributed by atoms with Crippen molar-refractivity contribution in [2.75, 3.05) is 16.3 Å². The van der Waals surface area contributed by atoms with Crippen molar-refractivity contribution in [1.82, 2.24) is 19.6 Å². The third-order valence-electron chi connectivity index (χ3n) is 4.23. The number of fused-ring (bicyclic) bond motifs is 1. The molecule has 3 heterocycles. The molecule has 1 amide bonds. The van der Waals surface area contributed by atoms with Gasteiger partial charge in [0.25, 0.3) is 5.91 Å². The van der Waals surface area contributed by atoms with Gasteiger partial charge >= 0.3 is 0 Å². The third-order valence-corrected chi connectivity index (χ3v) is 5.60. The minimum atomic E-state index is -3.33. The molecule has 0 spiro atoms. The Morgan fingerprint density at radius 1 is 1.13 bits per heavy atom. The van der Waals surface area contributed by atoms with Crippen molar-refractivity contribution >= 4 is 43.7 Å². The molecule has 9 nitrogen and oxygen atoms in total. The predicted molar refractivity (Wildman–Crippen MR) is 116 cm³/mol. The number of hydrogen-bond acceptors (Lipinski definition) is 7. The van der Waals surface area contributed by atoms with Crippen LogP contribution in [0.5, 0.6) is 0 Å². The van der Waals surface area contributed by atoms with Crippen molar-refractivity contribution in [1.29, 1.82) is 0 Å². The lowest BCUT2D eigenvalue weighted by Crippen LogP contribution is -2.12. The number of benzene rings is 1. The van der Waals surface area contributed by atoms with Crippen LogP contribution < -0.4 is 10.0 Å². The van der Waals surface area contributed by atoms with Crippen molar-refractivity contribution in [2.24, 2.45) is 0 Å². The number of carbonyl (C=O) groups is 1. The molecule has 0 saturated heterocycles. The molecule has 3 aromatic heterocycles. The van der Waals surface area contributed by atoms with Crippen LogP contribution in [0, 0.1) is 13.8 Å². The number of nitrogens with one attached hydrogen (secondary N) is 2. The van der Waals surface area contributed by atoms with Crippen molar-refractivity contribution in [3.8, 4) is 11.3 Å². The van der Waals surface area contributed by atoms with Crippen LogP contribution in [-0.4, -0.2) is 40.2 Å². The summed E-state index contributed by atoms with van der Waals surface area (Å²) >= 11 is 1.29. The van der Waals surface area contributed by atoms with Gasteiger partial charge in [0, 0.05) is 28.0 Å². The highest BCUT2D eigenvalue weighted by Crippen LogP contribution is 2.26. The second-order valence-electron chi connectivity index (χ2n) is 6.78. The molecule has 30 heavy (non-hydrogen) atoms. The molecule has 0 bridgehead atoms. The van der Waals surface area contributed by atoms with Gasteiger partial charge in [0.05, 0.1) is 18.1 Å². The van der Waals surface area contributed by atoms with Crippen molar-refractivity contribution in [3.05, 3.63) is 58.9 Å². The highest BCUT2D eigenvalue weighted by molar-refractivity contribution is 7.92. The van der Waals surface area contributed by atoms with Crippen LogP contribution in [0.3, 0.4) is 0 Å². The number of rotatable bonds is 5. The lowest BCUT2D eigenvalue weighted by atomic mass is 10.1. The van der Waals surface area contributed by atoms with Gasteiger partial charge in [0.2, 0.25) is 10.0 Å². The number of hydrogen-bond donors (Lipinski definition) is 2. The first-order chi connectivity index (χ1) is 14.2. The largest absolute Gasteiger partial charge is 0.298 e. The van der Waals surface area contributed by atoms with E-state index >= 15 is 0 Å². The first kappa shape index (κ1) is 20.0. The Hall–Kier alpha value is -3.31. The van der Waals surface area contributed by atoms with E-state index in [1.807, 2.05) is 25.3 Å². The van der Waals surface area contributed by atoms with E-state index in [4.69, 9.17) is 0 Å². The summed E-state index contributed by atoms with van der Waals surface area (Å²) in [7, 11) is -3.33. The third kappa shape index (κ3) is 4.16. The molecule has 154 valence electrons. The first-order valence-corrected chi connectivity index (χ1v) is 11.6. The minimum Gasteiger partial charge on any atom is -0.298 e. The maximum Gasteiger partial charge on any atom is 0.262 e. The molecular weight excluding hydrogens is 424 g/mol. The molecule has 4 rings (SSSR count). The van der Waals surface area contributed by atoms with Gasteiger partial charge < -0.3 is 0 Å². The Labute approximate surface area is 176 Å². The fourth-order valence-electron chi connectivity index (χ4n) is 2.98. The van der Waals surface area contributed by atoms with E-state index < -0.39 is 10.0 Å². The lowest BCUT2D eigenvalue weighted by Gasteiger charge is -2.04. The van der Waals surface area contributed by atoms with Crippen LogP contribution in [0.2, 0.25) is 0 Å². The maximum atomic E-state index is 12.7. The summed E-state index contributed by atoms with van der Waals surface area (Å²) < 4.78 is 26.7. The normalized spacial score (nSPS) is 11.6. The summed E-state index contributed by atoms with van der Waals surface area (Å²) in [5.41, 5.74) is 4.50. The second-order valence-corrected chi connectivity index (χ2v) is 9.38. The van der Waals surface area contributed by atoms with Gasteiger partial charge in [-0.2, -0.15) is 5.10 Å². The van der Waals surface area contributed by atoms with Crippen LogP contribution in [0.1, 0.15) is 21.7 Å². The lowest BCUT2D eigenvalue weighted by molar-refractivity contribution is 0.102. The number of anilines is 2. The van der Waals surface area contributed by atoms with Crippen LogP contribution in [0.4, 0.5) is 10.8 Å². The topological polar surface area (TPSA) is 118 Å². The molecule has 0 radical (unpaired) electrons. The number of sulfonamides is 1. The molecule has 11 heteroatoms. The zero-order chi connectivity index (χ0) is 21.5. The number of aromatic nitrogens is 4. The van der Waals surface area contributed by atoms with E-state index in [1.54, 1.807) is 28.8 Å². The van der Waals surface area contributed by atoms with Crippen molar-refractivity contribution < 1.29 is 13.2 Å². The van der Waals surface area contributed by atoms with Gasteiger partial charge in [-0.15, -0.1) is 11.3 Å². The van der Waals surface area contributed by atoms with E-state index in [9.17, 15) is 13.2 Å². The maximum absolute atomic E-state index is 12.7. The molecule has 0 fully saturated rings. The minimum absolute atomic E-state index is 0.337. The number of aryl methyl sites for hydroxylation is 2. The van der Waals surface area contributed by atoms with Crippen LogP contribution in [-0.2, 0) is 10.0 Å². The van der Waals surface area contributed by atoms with Gasteiger partial charge in [0.1, 0.15) is 5.56 Å². The highest BCUT2D eigenvalue weighted by atomic mass is 32.2. The van der Waals surface area contributed by atoms with E-state index in [0.29, 0.717) is 27.7 Å². The second kappa shape index (κ2) is 7.50. The summed E-state index contributed by atoms with van der Waals surface area (Å²) in [6.07, 6.45) is 2.59. The van der Waals surface area contributed by atoms with Gasteiger partial charge in [-0.25, -0.2) is 22.9 Å². The van der Waals surface area contributed by atoms with Gasteiger partial charge in [-0.05, 0) is 32.0 Å². The molecule has 0 aliphatic heterocycles. The molecule has 0 unspecified atom stereocenters. The van der Waals surface area contributed by atoms with E-state index in [0.717, 1.165) is 23.2 Å². The Morgan fingerprint density at radius 2 is 1.87 bits per heavy atom. The fourth-order valence-corrected chi connectivity index (χ4v) is 4.26. The summed E-state index contributed by atoms with van der Waals surface area (Å²) in [4.78, 5) is 21.6. The smallest absolute Gasteiger partial charge is 0.262 e. The fraction of sp³-hybridized carbons (Fsp3) is 0.158. The Morgan fingerprint density at radius 3 is 2.57 bits per heavy atom. The number of thiazole rings is 1. The van der Waals surface area contributed by atoms with Gasteiger partial charge in [0.15, 0.2) is 10.8 Å². The van der Waals surface area contributed by atoms with Crippen LogP contribution in [0.25, 0.3) is 16.9 Å². The molecule has 0 aliphatic carbocycles. The monoisotopic (exact) mass is 442 g/mol. The summed E-state index contributed by atoms with van der Waals surface area (Å²) in [5.74, 6) is -0.337. The molecule has 0 saturated carbocycles. The number of amides is 1. The quantitative estimate of drug-likeness (QED) is 0.490. The standard InChI is InChI=1S/C19H18N6O3S2/c1-11-8-12(2)25-17(21-11)15(9-20-25)18(26)23-19-22-16(10-29-19)13-4-6-14(7-5-13)24-30(3,27)28/h4-10,24H,1-3H3,(H,22,23,26). The molecule has 0 atom stereocenters. The molecule has 1 aromatic carbocycles. The SMILES string of the molecule is Cc1cc(C)n2ncc(C(=O)Nc3nc(-c4ccc(NS(C)(=O)=O)cc4)cs3)c2n1. The first-order valence-electron chi connectivity index (χ1n) is 8.87. The zero-order valence-electron chi connectivity index (χ0n) is 16.4. The molecular formula is C19H18N6O3S2. The Balaban J connectivity index is 1.53. The van der Waals surface area contributed by atoms with Crippen molar-refractivity contribution in [3.63, 3.8) is 0 Å². The Bertz CT molecular complexity index is 1360. The highest BCUT2D eigenvalue weighted by Gasteiger charge is 2.17. The molecule has 4 aromatic rings. The average molecular weight is 443 g/mol. The average Bonchev–Trinajstić information content (AvgIpc) is 3.28. The van der Waals surface area contributed by atoms with Gasteiger partial charge in [-0.3, -0.25) is 14.8 Å². The summed E-state index contributed by atoms with van der Waals surface area (Å²) in [6, 6.07) is 8.72. The predicted octanol–water partition coefficient (Wildman–Crippen LogP) is 3.09. The van der Waals surface area contributed by atoms with E-state index in [1.165, 1.54) is 17.5 Å². The molecule has 2 N–H and O–H groups in total. The van der Waals surface area contributed by atoms with Gasteiger partial charge in [-0.1, -0.05) is 12.1 Å². The summed E-state index contributed by atoms with van der Waals surface area (Å²) in [6.45, 7) is 3.77. The number of nitrogens with zero attached hydrogens (tertiary/aromatic N) is 4. The summed E-state index contributed by atoms with van der Waals surface area (Å²) in [5, 5.41) is 9.29. The van der Waals surface area contributed by atoms with Crippen molar-refractivity contribution in [2.45, 2.75) is 13.8 Å². The van der Waals surface area contributed by atoms with E-state index in [-0.39, 0.29) is 5.91 Å². The van der Waals surface area contributed by atoms with E-state index in [2.05, 4.69) is 25.1 Å². The van der Waals surface area contributed by atoms with Crippen LogP contribution in [0.15, 0.2) is 41.9 Å². The zero-order valence-corrected chi connectivity index (χ0v) is 18.0. The molecule has 0 aliphatic rings. The number of carbonyl (C=O) groups excluding carboxylic acids is 1.